The third-order valence-corrected chi connectivity index (χ3v) is 4.22. The van der Waals surface area contributed by atoms with Crippen molar-refractivity contribution in [2.24, 2.45) is 5.10 Å². The Kier molecular flexibility index (Phi) is 7.04. The van der Waals surface area contributed by atoms with Crippen molar-refractivity contribution in [3.05, 3.63) is 81.7 Å². The van der Waals surface area contributed by atoms with Gasteiger partial charge in [0.1, 0.15) is 11.5 Å². The molecule has 0 spiro atoms. The average Bonchev–Trinajstić information content (AvgIpc) is 3.24. The minimum absolute atomic E-state index is 0.0726. The number of hydrazone groups is 1. The molecular formula is C20H14BrClN2O5. The minimum atomic E-state index is -0.646. The van der Waals surface area contributed by atoms with Gasteiger partial charge in [0.25, 0.3) is 5.91 Å². The summed E-state index contributed by atoms with van der Waals surface area (Å²) in [4.78, 5) is 23.9. The summed E-state index contributed by atoms with van der Waals surface area (Å²) in [5.74, 6) is -0.270. The number of carbonyl (C=O) groups excluding carboxylic acids is 2. The Morgan fingerprint density at radius 2 is 1.97 bits per heavy atom. The lowest BCUT2D eigenvalue weighted by Gasteiger charge is -2.07. The van der Waals surface area contributed by atoms with E-state index in [-0.39, 0.29) is 18.1 Å². The van der Waals surface area contributed by atoms with Crippen molar-refractivity contribution in [2.45, 2.75) is 0 Å². The van der Waals surface area contributed by atoms with E-state index in [0.29, 0.717) is 16.3 Å². The van der Waals surface area contributed by atoms with E-state index in [1.54, 1.807) is 48.5 Å². The number of esters is 1. The van der Waals surface area contributed by atoms with Gasteiger partial charge < -0.3 is 13.9 Å². The number of amides is 1. The van der Waals surface area contributed by atoms with Crippen LogP contribution in [0.4, 0.5) is 0 Å². The van der Waals surface area contributed by atoms with Crippen LogP contribution in [0.2, 0.25) is 5.02 Å². The van der Waals surface area contributed by atoms with Crippen molar-refractivity contribution in [2.75, 3.05) is 6.61 Å². The van der Waals surface area contributed by atoms with Gasteiger partial charge in [0.15, 0.2) is 6.61 Å². The third kappa shape index (κ3) is 6.20. The van der Waals surface area contributed by atoms with Gasteiger partial charge in [-0.05, 0) is 54.6 Å². The van der Waals surface area contributed by atoms with Crippen molar-refractivity contribution in [1.82, 2.24) is 5.43 Å². The molecule has 3 rings (SSSR count). The number of nitrogens with zero attached hydrogens (tertiary/aromatic N) is 1. The van der Waals surface area contributed by atoms with Gasteiger partial charge in [-0.1, -0.05) is 27.5 Å². The Balaban J connectivity index is 1.59. The van der Waals surface area contributed by atoms with Gasteiger partial charge >= 0.3 is 5.97 Å². The molecule has 0 fully saturated rings. The summed E-state index contributed by atoms with van der Waals surface area (Å²) in [6, 6.07) is 14.7. The van der Waals surface area contributed by atoms with E-state index in [0.717, 1.165) is 4.47 Å². The summed E-state index contributed by atoms with van der Waals surface area (Å²) in [5.41, 5.74) is 2.82. The molecule has 7 nitrogen and oxygen atoms in total. The van der Waals surface area contributed by atoms with Crippen LogP contribution in [0.3, 0.4) is 0 Å². The first-order chi connectivity index (χ1) is 14.0. The van der Waals surface area contributed by atoms with Crippen molar-refractivity contribution < 1.29 is 23.5 Å². The Morgan fingerprint density at radius 1 is 1.17 bits per heavy atom. The van der Waals surface area contributed by atoms with Crippen LogP contribution in [-0.4, -0.2) is 24.7 Å². The Bertz CT molecular complexity index is 1020. The number of carbonyl (C=O) groups is 2. The SMILES string of the molecule is O=C(COc1ccc(Cl)cc1)N/N=C/c1cc(Br)ccc1OC(=O)c1ccco1. The van der Waals surface area contributed by atoms with Crippen molar-refractivity contribution in [3.63, 3.8) is 0 Å². The van der Waals surface area contributed by atoms with Crippen LogP contribution in [0.15, 0.2) is 74.9 Å². The molecule has 0 bridgehead atoms. The van der Waals surface area contributed by atoms with Crippen molar-refractivity contribution >= 4 is 45.6 Å². The summed E-state index contributed by atoms with van der Waals surface area (Å²) in [5, 5.41) is 4.45. The molecule has 148 valence electrons. The molecule has 0 unspecified atom stereocenters. The maximum Gasteiger partial charge on any atom is 0.379 e. The van der Waals surface area contributed by atoms with Gasteiger partial charge in [0, 0.05) is 15.1 Å². The first-order valence-corrected chi connectivity index (χ1v) is 9.44. The Labute approximate surface area is 179 Å². The van der Waals surface area contributed by atoms with E-state index < -0.39 is 11.9 Å². The number of hydrogen-bond acceptors (Lipinski definition) is 6. The lowest BCUT2D eigenvalue weighted by Crippen LogP contribution is -2.24. The zero-order valence-corrected chi connectivity index (χ0v) is 17.1. The number of benzene rings is 2. The maximum atomic E-state index is 12.1. The fraction of sp³-hybridized carbons (Fsp3) is 0.0500. The van der Waals surface area contributed by atoms with Gasteiger partial charge in [0.2, 0.25) is 5.76 Å². The number of halogens is 2. The molecule has 1 amide bonds. The molecule has 0 aliphatic carbocycles. The predicted octanol–water partition coefficient (Wildman–Crippen LogP) is 4.44. The van der Waals surface area contributed by atoms with Crippen LogP contribution in [0, 0.1) is 0 Å². The molecule has 2 aromatic carbocycles. The van der Waals surface area contributed by atoms with Gasteiger partial charge in [-0.3, -0.25) is 4.79 Å². The standard InChI is InChI=1S/C20H14BrClN2O5/c21-14-3-8-17(29-20(26)18-2-1-9-27-18)13(10-14)11-23-24-19(25)12-28-16-6-4-15(22)5-7-16/h1-11H,12H2,(H,24,25)/b23-11+. The first kappa shape index (κ1) is 20.6. The molecule has 9 heteroatoms. The molecule has 1 N–H and O–H groups in total. The van der Waals surface area contributed by atoms with E-state index in [2.05, 4.69) is 26.5 Å². The summed E-state index contributed by atoms with van der Waals surface area (Å²) >= 11 is 9.13. The molecular weight excluding hydrogens is 464 g/mol. The van der Waals surface area contributed by atoms with Crippen LogP contribution in [0.1, 0.15) is 16.1 Å². The number of rotatable bonds is 7. The molecule has 1 aromatic heterocycles. The highest BCUT2D eigenvalue weighted by Crippen LogP contribution is 2.23. The normalized spacial score (nSPS) is 10.7. The fourth-order valence-electron chi connectivity index (χ4n) is 2.14. The van der Waals surface area contributed by atoms with E-state index in [1.165, 1.54) is 18.5 Å². The molecule has 0 saturated carbocycles. The van der Waals surface area contributed by atoms with Crippen molar-refractivity contribution in [1.29, 1.82) is 0 Å². The van der Waals surface area contributed by atoms with Gasteiger partial charge in [0.05, 0.1) is 12.5 Å². The smallest absolute Gasteiger partial charge is 0.379 e. The second-order valence-corrected chi connectivity index (χ2v) is 6.94. The monoisotopic (exact) mass is 476 g/mol. The highest BCUT2D eigenvalue weighted by molar-refractivity contribution is 9.10. The van der Waals surface area contributed by atoms with Crippen LogP contribution < -0.4 is 14.9 Å². The van der Waals surface area contributed by atoms with Crippen LogP contribution in [0.5, 0.6) is 11.5 Å². The highest BCUT2D eigenvalue weighted by atomic mass is 79.9. The largest absolute Gasteiger partial charge is 0.484 e. The summed E-state index contributed by atoms with van der Waals surface area (Å²) in [7, 11) is 0. The van der Waals surface area contributed by atoms with Gasteiger partial charge in [-0.25, -0.2) is 10.2 Å². The molecule has 0 radical (unpaired) electrons. The molecule has 0 saturated heterocycles. The molecule has 1 heterocycles. The number of ether oxygens (including phenoxy) is 2. The molecule has 0 atom stereocenters. The van der Waals surface area contributed by atoms with Crippen LogP contribution in [0.25, 0.3) is 0 Å². The van der Waals surface area contributed by atoms with Gasteiger partial charge in [-0.15, -0.1) is 0 Å². The van der Waals surface area contributed by atoms with Crippen LogP contribution in [-0.2, 0) is 4.79 Å². The Morgan fingerprint density at radius 3 is 2.69 bits per heavy atom. The molecule has 0 aliphatic rings. The number of hydrogen-bond donors (Lipinski definition) is 1. The minimum Gasteiger partial charge on any atom is -0.484 e. The fourth-order valence-corrected chi connectivity index (χ4v) is 2.65. The lowest BCUT2D eigenvalue weighted by atomic mass is 10.2. The molecule has 3 aromatic rings. The number of furan rings is 1. The quantitative estimate of drug-likeness (QED) is 0.235. The van der Waals surface area contributed by atoms with E-state index in [1.807, 2.05) is 0 Å². The molecule has 29 heavy (non-hydrogen) atoms. The van der Waals surface area contributed by atoms with Crippen LogP contribution >= 0.6 is 27.5 Å². The van der Waals surface area contributed by atoms with E-state index in [4.69, 9.17) is 25.5 Å². The first-order valence-electron chi connectivity index (χ1n) is 8.27. The highest BCUT2D eigenvalue weighted by Gasteiger charge is 2.14. The lowest BCUT2D eigenvalue weighted by molar-refractivity contribution is -0.123. The van der Waals surface area contributed by atoms with Crippen molar-refractivity contribution in [3.8, 4) is 11.5 Å². The molecule has 0 aliphatic heterocycles. The zero-order valence-electron chi connectivity index (χ0n) is 14.8. The average molecular weight is 478 g/mol. The second kappa shape index (κ2) is 9.90. The maximum absolute atomic E-state index is 12.1. The summed E-state index contributed by atoms with van der Waals surface area (Å²) in [6.07, 6.45) is 2.73. The van der Waals surface area contributed by atoms with E-state index in [9.17, 15) is 9.59 Å². The summed E-state index contributed by atoms with van der Waals surface area (Å²) < 4.78 is 16.4. The Hall–Kier alpha value is -3.10. The number of nitrogens with one attached hydrogen (secondary N) is 1. The topological polar surface area (TPSA) is 90.1 Å². The van der Waals surface area contributed by atoms with Gasteiger partial charge in [-0.2, -0.15) is 5.10 Å². The second-order valence-electron chi connectivity index (χ2n) is 5.58. The zero-order chi connectivity index (χ0) is 20.6. The van der Waals surface area contributed by atoms with E-state index >= 15 is 0 Å². The third-order valence-electron chi connectivity index (χ3n) is 3.47. The predicted molar refractivity (Wildman–Crippen MR) is 110 cm³/mol. The summed E-state index contributed by atoms with van der Waals surface area (Å²) in [6.45, 7) is -0.224.